The number of halogens is 1. The predicted molar refractivity (Wildman–Crippen MR) is 91.0 cm³/mol. The van der Waals surface area contributed by atoms with Crippen molar-refractivity contribution in [2.24, 2.45) is 0 Å². The van der Waals surface area contributed by atoms with Gasteiger partial charge in [0.05, 0.1) is 23.7 Å². The quantitative estimate of drug-likeness (QED) is 0.819. The van der Waals surface area contributed by atoms with E-state index in [1.807, 2.05) is 20.8 Å². The first-order chi connectivity index (χ1) is 10.3. The van der Waals surface area contributed by atoms with Crippen molar-refractivity contribution < 1.29 is 9.29 Å². The van der Waals surface area contributed by atoms with Crippen LogP contribution in [0, 0.1) is 0 Å². The summed E-state index contributed by atoms with van der Waals surface area (Å²) in [4.78, 5) is 15.1. The van der Waals surface area contributed by atoms with E-state index in [4.69, 9.17) is 16.3 Å². The van der Waals surface area contributed by atoms with E-state index >= 15 is 0 Å². The fourth-order valence-corrected chi connectivity index (χ4v) is 3.07. The summed E-state index contributed by atoms with van der Waals surface area (Å²) >= 11 is 4.92. The summed E-state index contributed by atoms with van der Waals surface area (Å²) < 4.78 is 20.0. The van der Waals surface area contributed by atoms with Gasteiger partial charge in [0.1, 0.15) is 11.0 Å². The van der Waals surface area contributed by atoms with Gasteiger partial charge >= 0.3 is 0 Å². The molecule has 1 heterocycles. The number of H-pyrrole nitrogens is 1. The van der Waals surface area contributed by atoms with Crippen LogP contribution in [0.1, 0.15) is 32.4 Å². The molecule has 0 fully saturated rings. The molecule has 0 aliphatic heterocycles. The van der Waals surface area contributed by atoms with E-state index in [9.17, 15) is 9.35 Å². The Balaban J connectivity index is 2.43. The third kappa shape index (κ3) is 3.57. The molecule has 0 bridgehead atoms. The van der Waals surface area contributed by atoms with Crippen LogP contribution in [-0.2, 0) is 11.4 Å². The Labute approximate surface area is 137 Å². The highest BCUT2D eigenvalue weighted by Crippen LogP contribution is 2.29. The first-order valence-corrected chi connectivity index (χ1v) is 8.49. The van der Waals surface area contributed by atoms with E-state index in [0.717, 1.165) is 5.39 Å². The fraction of sp³-hybridized carbons (Fsp3) is 0.400. The number of aromatic amines is 1. The van der Waals surface area contributed by atoms with Crippen LogP contribution >= 0.6 is 11.6 Å². The molecule has 1 aromatic heterocycles. The molecule has 0 amide bonds. The van der Waals surface area contributed by atoms with Gasteiger partial charge in [0.2, 0.25) is 0 Å². The predicted octanol–water partition coefficient (Wildman–Crippen LogP) is 2.91. The lowest BCUT2D eigenvalue weighted by molar-refractivity contribution is 0.415. The molecule has 22 heavy (non-hydrogen) atoms. The van der Waals surface area contributed by atoms with E-state index in [-0.39, 0.29) is 16.9 Å². The second kappa shape index (κ2) is 6.91. The number of fused-ring (bicyclic) bond motifs is 1. The van der Waals surface area contributed by atoms with Crippen LogP contribution in [0.4, 0.5) is 0 Å². The Morgan fingerprint density at radius 1 is 1.32 bits per heavy atom. The van der Waals surface area contributed by atoms with Crippen molar-refractivity contribution in [3.63, 3.8) is 0 Å². The van der Waals surface area contributed by atoms with E-state index < -0.39 is 11.4 Å². The Bertz CT molecular complexity index is 733. The SMILES string of the molecule is COc1cc2[nH]c(=O)c(C(C)N[S+]([O-])C(C)C)cc2cc1Cl. The molecule has 2 unspecified atom stereocenters. The van der Waals surface area contributed by atoms with Crippen molar-refractivity contribution in [2.45, 2.75) is 32.1 Å². The van der Waals surface area contributed by atoms with Crippen molar-refractivity contribution in [3.05, 3.63) is 39.1 Å². The number of ether oxygens (including phenoxy) is 1. The van der Waals surface area contributed by atoms with Crippen LogP contribution in [0.15, 0.2) is 23.0 Å². The van der Waals surface area contributed by atoms with Gasteiger partial charge < -0.3 is 14.3 Å². The summed E-state index contributed by atoms with van der Waals surface area (Å²) in [7, 11) is 1.52. The third-order valence-corrected chi connectivity index (χ3v) is 5.07. The van der Waals surface area contributed by atoms with E-state index in [1.54, 1.807) is 18.2 Å². The molecule has 2 N–H and O–H groups in total. The zero-order valence-corrected chi connectivity index (χ0v) is 14.5. The number of aromatic nitrogens is 1. The van der Waals surface area contributed by atoms with Gasteiger partial charge in [0, 0.05) is 28.4 Å². The Morgan fingerprint density at radius 3 is 2.59 bits per heavy atom. The number of methoxy groups -OCH3 is 1. The number of hydrogen-bond acceptors (Lipinski definition) is 4. The first kappa shape index (κ1) is 17.1. The highest BCUT2D eigenvalue weighted by molar-refractivity contribution is 7.90. The van der Waals surface area contributed by atoms with Gasteiger partial charge in [0.25, 0.3) is 5.56 Å². The van der Waals surface area contributed by atoms with Gasteiger partial charge in [0.15, 0.2) is 0 Å². The Kier molecular flexibility index (Phi) is 5.39. The molecule has 2 rings (SSSR count). The lowest BCUT2D eigenvalue weighted by Crippen LogP contribution is -2.35. The first-order valence-electron chi connectivity index (χ1n) is 6.90. The van der Waals surface area contributed by atoms with Crippen molar-refractivity contribution in [2.75, 3.05) is 7.11 Å². The summed E-state index contributed by atoms with van der Waals surface area (Å²) in [6.07, 6.45) is 0. The molecule has 0 spiro atoms. The zero-order valence-electron chi connectivity index (χ0n) is 12.9. The standard InChI is InChI=1S/C15H19ClN2O3S/c1-8(2)22(20)18-9(3)11-5-10-6-12(16)14(21-4)7-13(10)17-15(11)19/h5-9,18H,1-4H3,(H,17,19). The van der Waals surface area contributed by atoms with Crippen LogP contribution in [0.3, 0.4) is 0 Å². The van der Waals surface area contributed by atoms with Crippen LogP contribution < -0.4 is 15.0 Å². The van der Waals surface area contributed by atoms with Gasteiger partial charge in [-0.3, -0.25) is 4.79 Å². The summed E-state index contributed by atoms with van der Waals surface area (Å²) in [6.45, 7) is 5.51. The number of benzene rings is 1. The number of rotatable bonds is 5. The minimum atomic E-state index is -1.20. The minimum Gasteiger partial charge on any atom is -0.598 e. The molecule has 1 aromatic carbocycles. The van der Waals surface area contributed by atoms with Crippen molar-refractivity contribution in [1.82, 2.24) is 9.71 Å². The second-order valence-corrected chi connectivity index (χ2v) is 7.49. The average molecular weight is 343 g/mol. The molecule has 5 nitrogen and oxygen atoms in total. The van der Waals surface area contributed by atoms with Crippen molar-refractivity contribution in [1.29, 1.82) is 0 Å². The molecule has 0 aliphatic rings. The summed E-state index contributed by atoms with van der Waals surface area (Å²) in [6, 6.07) is 4.85. The summed E-state index contributed by atoms with van der Waals surface area (Å²) in [5.41, 5.74) is 0.938. The van der Waals surface area contributed by atoms with Gasteiger partial charge in [-0.05, 0) is 32.9 Å². The zero-order chi connectivity index (χ0) is 16.4. The highest BCUT2D eigenvalue weighted by atomic mass is 35.5. The normalized spacial score (nSPS) is 14.3. The largest absolute Gasteiger partial charge is 0.598 e. The number of hydrogen-bond donors (Lipinski definition) is 2. The van der Waals surface area contributed by atoms with Crippen LogP contribution in [0.25, 0.3) is 10.9 Å². The lowest BCUT2D eigenvalue weighted by Gasteiger charge is -2.19. The minimum absolute atomic E-state index is 0.0271. The molecular formula is C15H19ClN2O3S. The molecule has 0 saturated carbocycles. The molecule has 2 atom stereocenters. The lowest BCUT2D eigenvalue weighted by atomic mass is 10.1. The fourth-order valence-electron chi connectivity index (χ4n) is 2.08. The van der Waals surface area contributed by atoms with Gasteiger partial charge in [-0.1, -0.05) is 11.6 Å². The van der Waals surface area contributed by atoms with Gasteiger partial charge in [-0.15, -0.1) is 4.72 Å². The maximum absolute atomic E-state index is 12.2. The maximum atomic E-state index is 12.2. The second-order valence-electron chi connectivity index (χ2n) is 5.31. The molecular weight excluding hydrogens is 324 g/mol. The molecule has 2 aromatic rings. The Hall–Kier alpha value is -1.21. The molecule has 7 heteroatoms. The number of pyridine rings is 1. The van der Waals surface area contributed by atoms with Crippen LogP contribution in [0.2, 0.25) is 5.02 Å². The summed E-state index contributed by atoms with van der Waals surface area (Å²) in [5, 5.41) is 1.24. The monoisotopic (exact) mass is 342 g/mol. The van der Waals surface area contributed by atoms with Crippen LogP contribution in [-0.4, -0.2) is 21.9 Å². The van der Waals surface area contributed by atoms with Crippen LogP contribution in [0.5, 0.6) is 5.75 Å². The average Bonchev–Trinajstić information content (AvgIpc) is 2.46. The third-order valence-electron chi connectivity index (χ3n) is 3.33. The van der Waals surface area contributed by atoms with E-state index in [1.165, 1.54) is 7.11 Å². The topological polar surface area (TPSA) is 77.2 Å². The molecule has 120 valence electrons. The van der Waals surface area contributed by atoms with E-state index in [2.05, 4.69) is 9.71 Å². The smallest absolute Gasteiger partial charge is 0.253 e. The van der Waals surface area contributed by atoms with Crippen molar-refractivity contribution in [3.8, 4) is 5.75 Å². The molecule has 0 saturated heterocycles. The molecule has 0 radical (unpaired) electrons. The maximum Gasteiger partial charge on any atom is 0.253 e. The molecule has 0 aliphatic carbocycles. The van der Waals surface area contributed by atoms with E-state index in [0.29, 0.717) is 21.9 Å². The summed E-state index contributed by atoms with van der Waals surface area (Å²) in [5.74, 6) is 0.504. The van der Waals surface area contributed by atoms with Gasteiger partial charge in [-0.2, -0.15) is 0 Å². The highest BCUT2D eigenvalue weighted by Gasteiger charge is 2.20. The van der Waals surface area contributed by atoms with Crippen molar-refractivity contribution >= 4 is 33.9 Å². The number of nitrogens with one attached hydrogen (secondary N) is 2. The van der Waals surface area contributed by atoms with Gasteiger partial charge in [-0.25, -0.2) is 0 Å². The Morgan fingerprint density at radius 2 is 2.00 bits per heavy atom.